The van der Waals surface area contributed by atoms with E-state index in [9.17, 15) is 5.11 Å². The van der Waals surface area contributed by atoms with E-state index in [4.69, 9.17) is 4.42 Å². The third-order valence-corrected chi connectivity index (χ3v) is 3.33. The lowest BCUT2D eigenvalue weighted by molar-refractivity contribution is 0.474. The number of oxazole rings is 1. The lowest BCUT2D eigenvalue weighted by Gasteiger charge is -2.16. The van der Waals surface area contributed by atoms with E-state index in [-0.39, 0.29) is 11.8 Å². The molecular weight excluding hydrogens is 264 g/mol. The topological polar surface area (TPSA) is 58.3 Å². The van der Waals surface area contributed by atoms with Gasteiger partial charge in [-0.05, 0) is 36.8 Å². The fourth-order valence-electron chi connectivity index (χ4n) is 2.25. The van der Waals surface area contributed by atoms with Crippen molar-refractivity contribution in [3.05, 3.63) is 66.7 Å². The standard InChI is InChI=1S/C17H16N2O2/c1-12(13-4-3-7-16(20)9-13)19-15-6-2-5-14(8-15)17-10-18-11-21-17/h2-12,19-20H,1H3. The molecule has 0 saturated carbocycles. The van der Waals surface area contributed by atoms with Gasteiger partial charge in [0.25, 0.3) is 0 Å². The molecule has 2 aromatic carbocycles. The molecule has 1 heterocycles. The highest BCUT2D eigenvalue weighted by Gasteiger charge is 2.07. The molecule has 0 spiro atoms. The van der Waals surface area contributed by atoms with Crippen LogP contribution in [0, 0.1) is 0 Å². The third kappa shape index (κ3) is 3.05. The van der Waals surface area contributed by atoms with Crippen LogP contribution in [0.4, 0.5) is 5.69 Å². The van der Waals surface area contributed by atoms with E-state index >= 15 is 0 Å². The largest absolute Gasteiger partial charge is 0.508 e. The summed E-state index contributed by atoms with van der Waals surface area (Å²) in [5.41, 5.74) is 2.99. The minimum Gasteiger partial charge on any atom is -0.508 e. The quantitative estimate of drug-likeness (QED) is 0.751. The van der Waals surface area contributed by atoms with Crippen molar-refractivity contribution >= 4 is 5.69 Å². The van der Waals surface area contributed by atoms with Crippen molar-refractivity contribution < 1.29 is 9.52 Å². The average Bonchev–Trinajstić information content (AvgIpc) is 3.02. The van der Waals surface area contributed by atoms with Gasteiger partial charge in [0, 0.05) is 17.3 Å². The van der Waals surface area contributed by atoms with Crippen LogP contribution in [0.15, 0.2) is 65.5 Å². The maximum atomic E-state index is 9.55. The smallest absolute Gasteiger partial charge is 0.181 e. The van der Waals surface area contributed by atoms with Crippen LogP contribution in [0.25, 0.3) is 11.3 Å². The SMILES string of the molecule is CC(Nc1cccc(-c2cnco2)c1)c1cccc(O)c1. The Morgan fingerprint density at radius 2 is 2.00 bits per heavy atom. The van der Waals surface area contributed by atoms with E-state index in [1.165, 1.54) is 6.39 Å². The van der Waals surface area contributed by atoms with E-state index < -0.39 is 0 Å². The monoisotopic (exact) mass is 280 g/mol. The number of anilines is 1. The zero-order valence-corrected chi connectivity index (χ0v) is 11.7. The average molecular weight is 280 g/mol. The highest BCUT2D eigenvalue weighted by Crippen LogP contribution is 2.26. The Hall–Kier alpha value is -2.75. The Labute approximate surface area is 123 Å². The third-order valence-electron chi connectivity index (χ3n) is 3.33. The van der Waals surface area contributed by atoms with Crippen molar-refractivity contribution in [1.82, 2.24) is 4.98 Å². The maximum absolute atomic E-state index is 9.55. The van der Waals surface area contributed by atoms with Crippen molar-refractivity contribution in [2.45, 2.75) is 13.0 Å². The van der Waals surface area contributed by atoms with Gasteiger partial charge in [0.2, 0.25) is 0 Å². The van der Waals surface area contributed by atoms with Gasteiger partial charge in [0.05, 0.1) is 6.20 Å². The van der Waals surface area contributed by atoms with E-state index in [1.807, 2.05) is 36.4 Å². The number of phenolic OH excluding ortho intramolecular Hbond substituents is 1. The highest BCUT2D eigenvalue weighted by atomic mass is 16.3. The van der Waals surface area contributed by atoms with Crippen molar-refractivity contribution in [3.63, 3.8) is 0 Å². The lowest BCUT2D eigenvalue weighted by Crippen LogP contribution is -2.06. The minimum atomic E-state index is 0.0853. The van der Waals surface area contributed by atoms with Gasteiger partial charge >= 0.3 is 0 Å². The molecule has 1 unspecified atom stereocenters. The molecule has 0 bridgehead atoms. The second-order valence-corrected chi connectivity index (χ2v) is 4.91. The zero-order valence-electron chi connectivity index (χ0n) is 11.7. The number of hydrogen-bond acceptors (Lipinski definition) is 4. The molecule has 21 heavy (non-hydrogen) atoms. The molecule has 106 valence electrons. The fraction of sp³-hybridized carbons (Fsp3) is 0.118. The number of aromatic hydroxyl groups is 1. The van der Waals surface area contributed by atoms with Crippen molar-refractivity contribution in [2.24, 2.45) is 0 Å². The molecule has 0 saturated heterocycles. The predicted octanol–water partition coefficient (Wildman–Crippen LogP) is 4.22. The molecule has 0 aliphatic rings. The molecule has 0 aliphatic heterocycles. The summed E-state index contributed by atoms with van der Waals surface area (Å²) in [6, 6.07) is 15.3. The van der Waals surface area contributed by atoms with Crippen LogP contribution < -0.4 is 5.32 Å². The lowest BCUT2D eigenvalue weighted by atomic mass is 10.1. The molecule has 0 amide bonds. The number of hydrogen-bond donors (Lipinski definition) is 2. The van der Waals surface area contributed by atoms with Gasteiger partial charge in [-0.15, -0.1) is 0 Å². The molecule has 4 nitrogen and oxygen atoms in total. The summed E-state index contributed by atoms with van der Waals surface area (Å²) in [5.74, 6) is 1.01. The Morgan fingerprint density at radius 3 is 2.76 bits per heavy atom. The number of phenols is 1. The first-order valence-electron chi connectivity index (χ1n) is 6.77. The first-order valence-corrected chi connectivity index (χ1v) is 6.77. The molecule has 3 rings (SSSR count). The van der Waals surface area contributed by atoms with Crippen molar-refractivity contribution in [1.29, 1.82) is 0 Å². The maximum Gasteiger partial charge on any atom is 0.181 e. The number of nitrogens with one attached hydrogen (secondary N) is 1. The summed E-state index contributed by atoms with van der Waals surface area (Å²) in [4.78, 5) is 3.93. The van der Waals surface area contributed by atoms with Gasteiger partial charge in [-0.2, -0.15) is 0 Å². The first kappa shape index (κ1) is 13.2. The van der Waals surface area contributed by atoms with Gasteiger partial charge in [0.1, 0.15) is 5.75 Å². The van der Waals surface area contributed by atoms with E-state index in [2.05, 4.69) is 17.2 Å². The summed E-state index contributed by atoms with van der Waals surface area (Å²) in [5, 5.41) is 13.0. The summed E-state index contributed by atoms with van der Waals surface area (Å²) < 4.78 is 5.31. The van der Waals surface area contributed by atoms with Crippen LogP contribution in [0.5, 0.6) is 5.75 Å². The van der Waals surface area contributed by atoms with Crippen molar-refractivity contribution in [3.8, 4) is 17.1 Å². The fourth-order valence-corrected chi connectivity index (χ4v) is 2.25. The second kappa shape index (κ2) is 5.71. The van der Waals surface area contributed by atoms with E-state index in [0.29, 0.717) is 0 Å². The minimum absolute atomic E-state index is 0.0853. The number of benzene rings is 2. The Balaban J connectivity index is 1.80. The molecule has 0 radical (unpaired) electrons. The number of rotatable bonds is 4. The number of nitrogens with zero attached hydrogens (tertiary/aromatic N) is 1. The van der Waals surface area contributed by atoms with Gasteiger partial charge in [-0.3, -0.25) is 0 Å². The summed E-state index contributed by atoms with van der Waals surface area (Å²) >= 11 is 0. The van der Waals surface area contributed by atoms with Crippen LogP contribution in [0.2, 0.25) is 0 Å². The van der Waals surface area contributed by atoms with Crippen LogP contribution in [-0.4, -0.2) is 10.1 Å². The molecule has 0 fully saturated rings. The molecule has 3 aromatic rings. The molecule has 4 heteroatoms. The summed E-state index contributed by atoms with van der Waals surface area (Å²) in [6.07, 6.45) is 3.11. The van der Waals surface area contributed by atoms with Crippen LogP contribution in [0.1, 0.15) is 18.5 Å². The van der Waals surface area contributed by atoms with Crippen LogP contribution in [0.3, 0.4) is 0 Å². The first-order chi connectivity index (χ1) is 10.2. The second-order valence-electron chi connectivity index (χ2n) is 4.91. The van der Waals surface area contributed by atoms with Crippen LogP contribution >= 0.6 is 0 Å². The molecular formula is C17H16N2O2. The molecule has 1 aromatic heterocycles. The highest BCUT2D eigenvalue weighted by molar-refractivity contribution is 5.63. The zero-order chi connectivity index (χ0) is 14.7. The summed E-state index contributed by atoms with van der Waals surface area (Å²) in [7, 11) is 0. The van der Waals surface area contributed by atoms with Crippen molar-refractivity contribution in [2.75, 3.05) is 5.32 Å². The van der Waals surface area contributed by atoms with E-state index in [0.717, 1.165) is 22.6 Å². The van der Waals surface area contributed by atoms with E-state index in [1.54, 1.807) is 18.3 Å². The molecule has 2 N–H and O–H groups in total. The molecule has 1 atom stereocenters. The predicted molar refractivity (Wildman–Crippen MR) is 82.1 cm³/mol. The van der Waals surface area contributed by atoms with Crippen LogP contribution in [-0.2, 0) is 0 Å². The number of aromatic nitrogens is 1. The van der Waals surface area contributed by atoms with Gasteiger partial charge in [0.15, 0.2) is 12.2 Å². The van der Waals surface area contributed by atoms with Gasteiger partial charge in [-0.1, -0.05) is 24.3 Å². The molecule has 0 aliphatic carbocycles. The Bertz CT molecular complexity index is 723. The normalized spacial score (nSPS) is 12.0. The van der Waals surface area contributed by atoms with Gasteiger partial charge in [-0.25, -0.2) is 4.98 Å². The Morgan fingerprint density at radius 1 is 1.14 bits per heavy atom. The summed E-state index contributed by atoms with van der Waals surface area (Å²) in [6.45, 7) is 2.05. The Kier molecular flexibility index (Phi) is 3.60. The van der Waals surface area contributed by atoms with Gasteiger partial charge < -0.3 is 14.8 Å².